The van der Waals surface area contributed by atoms with Crippen LogP contribution in [0.25, 0.3) is 11.0 Å². The van der Waals surface area contributed by atoms with Crippen molar-refractivity contribution >= 4 is 34.2 Å². The maximum atomic E-state index is 13.0. The summed E-state index contributed by atoms with van der Waals surface area (Å²) in [5.74, 6) is 0.110. The Morgan fingerprint density at radius 2 is 1.71 bits per heavy atom. The molecule has 0 bridgehead atoms. The number of benzene rings is 2. The van der Waals surface area contributed by atoms with Crippen LogP contribution in [-0.4, -0.2) is 18.9 Å². The Morgan fingerprint density at radius 3 is 2.50 bits per heavy atom. The summed E-state index contributed by atoms with van der Waals surface area (Å²) in [5, 5.41) is 6.47. The number of methoxy groups -OCH3 is 1. The predicted molar refractivity (Wildman–Crippen MR) is 108 cm³/mol. The Morgan fingerprint density at radius 1 is 1.00 bits per heavy atom. The average molecular weight is 378 g/mol. The van der Waals surface area contributed by atoms with Gasteiger partial charge in [0.2, 0.25) is 11.7 Å². The number of furan rings is 1. The molecule has 6 heteroatoms. The maximum Gasteiger partial charge on any atom is 0.293 e. The van der Waals surface area contributed by atoms with E-state index in [0.717, 1.165) is 25.7 Å². The second kappa shape index (κ2) is 7.76. The molecule has 3 aromatic rings. The number of fused-ring (bicyclic) bond motifs is 1. The Balaban J connectivity index is 1.67. The smallest absolute Gasteiger partial charge is 0.293 e. The first-order chi connectivity index (χ1) is 13.7. The van der Waals surface area contributed by atoms with E-state index in [4.69, 9.17) is 9.15 Å². The molecule has 1 aliphatic rings. The van der Waals surface area contributed by atoms with E-state index in [1.807, 2.05) is 24.3 Å². The van der Waals surface area contributed by atoms with Gasteiger partial charge < -0.3 is 19.8 Å². The first-order valence-electron chi connectivity index (χ1n) is 9.44. The highest BCUT2D eigenvalue weighted by Gasteiger charge is 2.27. The number of para-hydroxylation sites is 3. The molecule has 2 amide bonds. The molecule has 144 valence electrons. The third-order valence-electron chi connectivity index (χ3n) is 5.13. The predicted octanol–water partition coefficient (Wildman–Crippen LogP) is 4.82. The van der Waals surface area contributed by atoms with Crippen LogP contribution in [0.4, 0.5) is 11.4 Å². The van der Waals surface area contributed by atoms with Gasteiger partial charge >= 0.3 is 0 Å². The van der Waals surface area contributed by atoms with Gasteiger partial charge in [-0.15, -0.1) is 0 Å². The lowest BCUT2D eigenvalue weighted by molar-refractivity contribution is -0.119. The fraction of sp³-hybridized carbons (Fsp3) is 0.273. The van der Waals surface area contributed by atoms with E-state index in [1.165, 1.54) is 0 Å². The molecule has 2 N–H and O–H groups in total. The summed E-state index contributed by atoms with van der Waals surface area (Å²) in [4.78, 5) is 25.6. The SMILES string of the molecule is COc1ccccc1NC(=O)c1oc2ccccc2c1NC(=O)C1CCCC1. The van der Waals surface area contributed by atoms with Crippen molar-refractivity contribution in [3.63, 3.8) is 0 Å². The second-order valence-corrected chi connectivity index (χ2v) is 6.93. The first kappa shape index (κ1) is 18.1. The molecule has 0 saturated heterocycles. The van der Waals surface area contributed by atoms with Gasteiger partial charge in [0.05, 0.1) is 12.8 Å². The second-order valence-electron chi connectivity index (χ2n) is 6.93. The minimum Gasteiger partial charge on any atom is -0.495 e. The summed E-state index contributed by atoms with van der Waals surface area (Å²) in [6, 6.07) is 14.4. The van der Waals surface area contributed by atoms with E-state index in [-0.39, 0.29) is 17.6 Å². The molecular weight excluding hydrogens is 356 g/mol. The quantitative estimate of drug-likeness (QED) is 0.667. The standard InChI is InChI=1S/C22H22N2O4/c1-27-18-13-7-5-11-16(18)23-22(26)20-19(15-10-4-6-12-17(15)28-20)24-21(25)14-8-2-3-9-14/h4-7,10-14H,2-3,8-9H2,1H3,(H,23,26)(H,24,25). The maximum absolute atomic E-state index is 13.0. The van der Waals surface area contributed by atoms with Crippen molar-refractivity contribution in [3.05, 3.63) is 54.3 Å². The van der Waals surface area contributed by atoms with Crippen LogP contribution in [0.1, 0.15) is 36.2 Å². The van der Waals surface area contributed by atoms with Gasteiger partial charge in [-0.2, -0.15) is 0 Å². The fourth-order valence-corrected chi connectivity index (χ4v) is 3.67. The van der Waals surface area contributed by atoms with E-state index in [0.29, 0.717) is 28.1 Å². The lowest BCUT2D eigenvalue weighted by atomic mass is 10.1. The number of carbonyl (C=O) groups is 2. The summed E-state index contributed by atoms with van der Waals surface area (Å²) in [6.07, 6.45) is 3.88. The van der Waals surface area contributed by atoms with Crippen LogP contribution in [0, 0.1) is 5.92 Å². The van der Waals surface area contributed by atoms with Crippen molar-refractivity contribution in [2.24, 2.45) is 5.92 Å². The van der Waals surface area contributed by atoms with Crippen molar-refractivity contribution in [1.29, 1.82) is 0 Å². The summed E-state index contributed by atoms with van der Waals surface area (Å²) in [7, 11) is 1.54. The highest BCUT2D eigenvalue weighted by atomic mass is 16.5. The van der Waals surface area contributed by atoms with Crippen LogP contribution in [0.5, 0.6) is 5.75 Å². The number of anilines is 2. The molecule has 28 heavy (non-hydrogen) atoms. The highest BCUT2D eigenvalue weighted by Crippen LogP contribution is 2.34. The molecule has 6 nitrogen and oxygen atoms in total. The number of amides is 2. The minimum atomic E-state index is -0.442. The van der Waals surface area contributed by atoms with Gasteiger partial charge in [0.1, 0.15) is 17.0 Å². The van der Waals surface area contributed by atoms with Crippen molar-refractivity contribution in [1.82, 2.24) is 0 Å². The number of carbonyl (C=O) groups excluding carboxylic acids is 2. The molecule has 1 aromatic heterocycles. The monoisotopic (exact) mass is 378 g/mol. The van der Waals surface area contributed by atoms with Gasteiger partial charge in [0.15, 0.2) is 0 Å². The lowest BCUT2D eigenvalue weighted by Gasteiger charge is -2.12. The van der Waals surface area contributed by atoms with E-state index >= 15 is 0 Å². The zero-order valence-electron chi connectivity index (χ0n) is 15.7. The van der Waals surface area contributed by atoms with Crippen molar-refractivity contribution in [2.75, 3.05) is 17.7 Å². The topological polar surface area (TPSA) is 80.6 Å². The van der Waals surface area contributed by atoms with E-state index in [1.54, 1.807) is 31.4 Å². The molecule has 2 aromatic carbocycles. The summed E-state index contributed by atoms with van der Waals surface area (Å²) in [6.45, 7) is 0. The minimum absolute atomic E-state index is 0.0150. The van der Waals surface area contributed by atoms with E-state index in [2.05, 4.69) is 10.6 Å². The Kier molecular flexibility index (Phi) is 5.02. The number of ether oxygens (including phenoxy) is 1. The summed E-state index contributed by atoms with van der Waals surface area (Å²) < 4.78 is 11.1. The molecule has 1 heterocycles. The number of hydrogen-bond acceptors (Lipinski definition) is 4. The van der Waals surface area contributed by atoms with Crippen LogP contribution in [-0.2, 0) is 4.79 Å². The fourth-order valence-electron chi connectivity index (χ4n) is 3.67. The van der Waals surface area contributed by atoms with Crippen molar-refractivity contribution < 1.29 is 18.7 Å². The molecule has 0 radical (unpaired) electrons. The normalized spacial score (nSPS) is 14.2. The first-order valence-corrected chi connectivity index (χ1v) is 9.44. The van der Waals surface area contributed by atoms with Crippen LogP contribution in [0.15, 0.2) is 52.9 Å². The lowest BCUT2D eigenvalue weighted by Crippen LogP contribution is -2.22. The molecular formula is C22H22N2O4. The largest absolute Gasteiger partial charge is 0.495 e. The highest BCUT2D eigenvalue weighted by molar-refractivity contribution is 6.15. The molecule has 1 fully saturated rings. The molecule has 0 aliphatic heterocycles. The van der Waals surface area contributed by atoms with Crippen LogP contribution in [0.2, 0.25) is 0 Å². The molecule has 4 rings (SSSR count). The zero-order chi connectivity index (χ0) is 19.5. The molecule has 0 atom stereocenters. The zero-order valence-corrected chi connectivity index (χ0v) is 15.7. The van der Waals surface area contributed by atoms with Gasteiger partial charge in [-0.05, 0) is 37.1 Å². The average Bonchev–Trinajstić information content (AvgIpc) is 3.37. The summed E-state index contributed by atoms with van der Waals surface area (Å²) >= 11 is 0. The van der Waals surface area contributed by atoms with E-state index < -0.39 is 5.91 Å². The van der Waals surface area contributed by atoms with Gasteiger partial charge in [-0.1, -0.05) is 37.1 Å². The molecule has 0 unspecified atom stereocenters. The van der Waals surface area contributed by atoms with Crippen LogP contribution < -0.4 is 15.4 Å². The van der Waals surface area contributed by atoms with Gasteiger partial charge in [-0.3, -0.25) is 9.59 Å². The number of nitrogens with one attached hydrogen (secondary N) is 2. The Bertz CT molecular complexity index is 1020. The Hall–Kier alpha value is -3.28. The van der Waals surface area contributed by atoms with Gasteiger partial charge in [-0.25, -0.2) is 0 Å². The Labute approximate surface area is 162 Å². The summed E-state index contributed by atoms with van der Waals surface area (Å²) in [5.41, 5.74) is 1.50. The third kappa shape index (κ3) is 3.45. The molecule has 1 saturated carbocycles. The van der Waals surface area contributed by atoms with Gasteiger partial charge in [0.25, 0.3) is 5.91 Å². The third-order valence-corrected chi connectivity index (χ3v) is 5.13. The number of rotatable bonds is 5. The molecule has 1 aliphatic carbocycles. The van der Waals surface area contributed by atoms with Crippen LogP contribution >= 0.6 is 0 Å². The van der Waals surface area contributed by atoms with E-state index in [9.17, 15) is 9.59 Å². The van der Waals surface area contributed by atoms with Gasteiger partial charge in [0, 0.05) is 11.3 Å². The number of hydrogen-bond donors (Lipinski definition) is 2. The van der Waals surface area contributed by atoms with Crippen molar-refractivity contribution in [2.45, 2.75) is 25.7 Å². The van der Waals surface area contributed by atoms with Crippen molar-refractivity contribution in [3.8, 4) is 5.75 Å². The molecule has 0 spiro atoms. The van der Waals surface area contributed by atoms with Crippen LogP contribution in [0.3, 0.4) is 0 Å².